The maximum absolute atomic E-state index is 4.74. The zero-order valence-electron chi connectivity index (χ0n) is 13.1. The van der Waals surface area contributed by atoms with E-state index in [-0.39, 0.29) is 0 Å². The van der Waals surface area contributed by atoms with Crippen LogP contribution in [0.4, 0.5) is 5.95 Å². The summed E-state index contributed by atoms with van der Waals surface area (Å²) in [6.45, 7) is 4.50. The first kappa shape index (κ1) is 14.0. The second-order valence-corrected chi connectivity index (χ2v) is 6.88. The fourth-order valence-corrected chi connectivity index (χ4v) is 4.03. The minimum absolute atomic E-state index is 0.584. The summed E-state index contributed by atoms with van der Waals surface area (Å²) in [4.78, 5) is 4.74. The quantitative estimate of drug-likeness (QED) is 0.864. The number of anilines is 1. The van der Waals surface area contributed by atoms with Crippen LogP contribution < -0.4 is 5.32 Å². The second kappa shape index (κ2) is 6.19. The Hall–Kier alpha value is -0.990. The van der Waals surface area contributed by atoms with Crippen LogP contribution in [0.25, 0.3) is 0 Å². The van der Waals surface area contributed by atoms with Crippen LogP contribution in [-0.2, 0) is 0 Å². The van der Waals surface area contributed by atoms with Gasteiger partial charge in [-0.25, -0.2) is 4.98 Å². The van der Waals surface area contributed by atoms with Crippen LogP contribution in [0.2, 0.25) is 0 Å². The van der Waals surface area contributed by atoms with Crippen LogP contribution in [0, 0.1) is 12.8 Å². The molecule has 1 aromatic heterocycles. The third-order valence-corrected chi connectivity index (χ3v) is 5.31. The monoisotopic (exact) mass is 275 g/mol. The number of hydrogen-bond donors (Lipinski definition) is 1. The van der Waals surface area contributed by atoms with Crippen molar-refractivity contribution in [2.45, 2.75) is 83.7 Å². The van der Waals surface area contributed by atoms with Crippen LogP contribution in [0.15, 0.2) is 6.20 Å². The van der Waals surface area contributed by atoms with Gasteiger partial charge in [-0.15, -0.1) is 0 Å². The molecular weight excluding hydrogens is 246 g/mol. The molecule has 2 aliphatic rings. The van der Waals surface area contributed by atoms with Gasteiger partial charge in [0.25, 0.3) is 0 Å². The Kier molecular flexibility index (Phi) is 4.32. The van der Waals surface area contributed by atoms with Crippen LogP contribution in [0.5, 0.6) is 0 Å². The number of aromatic nitrogens is 2. The molecule has 0 aromatic carbocycles. The van der Waals surface area contributed by atoms with Crippen molar-refractivity contribution in [1.82, 2.24) is 9.55 Å². The van der Waals surface area contributed by atoms with Crippen molar-refractivity contribution in [3.63, 3.8) is 0 Å². The molecule has 3 rings (SSSR count). The summed E-state index contributed by atoms with van der Waals surface area (Å²) in [6, 6.07) is 1.23. The molecule has 1 atom stereocenters. The molecule has 2 saturated carbocycles. The SMILES string of the molecule is Cc1cn(C(C)C2CCCCC2)c(NC2CCCC2)n1. The van der Waals surface area contributed by atoms with Gasteiger partial charge in [-0.1, -0.05) is 32.1 Å². The van der Waals surface area contributed by atoms with Gasteiger partial charge in [-0.05, 0) is 45.4 Å². The number of nitrogens with zero attached hydrogens (tertiary/aromatic N) is 2. The lowest BCUT2D eigenvalue weighted by Crippen LogP contribution is -2.23. The van der Waals surface area contributed by atoms with E-state index in [2.05, 4.69) is 29.9 Å². The summed E-state index contributed by atoms with van der Waals surface area (Å²) in [6.07, 6.45) is 14.6. The normalized spacial score (nSPS) is 23.1. The van der Waals surface area contributed by atoms with Crippen molar-refractivity contribution < 1.29 is 0 Å². The molecule has 0 aliphatic heterocycles. The Morgan fingerprint density at radius 1 is 1.10 bits per heavy atom. The molecule has 1 N–H and O–H groups in total. The average Bonchev–Trinajstić information content (AvgIpc) is 3.09. The van der Waals surface area contributed by atoms with Crippen molar-refractivity contribution in [3.8, 4) is 0 Å². The molecule has 0 amide bonds. The molecule has 1 unspecified atom stereocenters. The number of aryl methyl sites for hydroxylation is 1. The van der Waals surface area contributed by atoms with Crippen LogP contribution in [-0.4, -0.2) is 15.6 Å². The van der Waals surface area contributed by atoms with Crippen molar-refractivity contribution >= 4 is 5.95 Å². The molecule has 0 spiro atoms. The van der Waals surface area contributed by atoms with Gasteiger partial charge in [-0.2, -0.15) is 0 Å². The summed E-state index contributed by atoms with van der Waals surface area (Å²) in [7, 11) is 0. The first-order valence-electron chi connectivity index (χ1n) is 8.56. The van der Waals surface area contributed by atoms with E-state index in [0.717, 1.165) is 17.6 Å². The molecule has 0 saturated heterocycles. The lowest BCUT2D eigenvalue weighted by Gasteiger charge is -2.30. The minimum Gasteiger partial charge on any atom is -0.353 e. The van der Waals surface area contributed by atoms with E-state index in [1.165, 1.54) is 57.8 Å². The van der Waals surface area contributed by atoms with E-state index in [0.29, 0.717) is 12.1 Å². The molecule has 0 radical (unpaired) electrons. The fraction of sp³-hybridized carbons (Fsp3) is 0.824. The number of imidazole rings is 1. The summed E-state index contributed by atoms with van der Waals surface area (Å²) in [5, 5.41) is 3.70. The first-order chi connectivity index (χ1) is 9.74. The van der Waals surface area contributed by atoms with E-state index < -0.39 is 0 Å². The van der Waals surface area contributed by atoms with Gasteiger partial charge < -0.3 is 9.88 Å². The molecule has 3 heteroatoms. The highest BCUT2D eigenvalue weighted by atomic mass is 15.2. The Labute approximate surface area is 123 Å². The Balaban J connectivity index is 1.73. The molecule has 2 aliphatic carbocycles. The third kappa shape index (κ3) is 3.02. The van der Waals surface area contributed by atoms with Gasteiger partial charge in [0.1, 0.15) is 0 Å². The highest BCUT2D eigenvalue weighted by Crippen LogP contribution is 2.34. The minimum atomic E-state index is 0.584. The molecule has 20 heavy (non-hydrogen) atoms. The Morgan fingerprint density at radius 3 is 2.45 bits per heavy atom. The summed E-state index contributed by atoms with van der Waals surface area (Å²) in [5.41, 5.74) is 1.15. The van der Waals surface area contributed by atoms with Gasteiger partial charge in [0.05, 0.1) is 5.69 Å². The lowest BCUT2D eigenvalue weighted by molar-refractivity contribution is 0.265. The number of hydrogen-bond acceptors (Lipinski definition) is 2. The highest BCUT2D eigenvalue weighted by molar-refractivity contribution is 5.31. The standard InChI is InChI=1S/C17H29N3/c1-13-12-20(14(2)15-8-4-3-5-9-15)17(18-13)19-16-10-6-7-11-16/h12,14-16H,3-11H2,1-2H3,(H,18,19). The predicted octanol–water partition coefficient (Wildman–Crippen LogP) is 4.69. The van der Waals surface area contributed by atoms with E-state index in [9.17, 15) is 0 Å². The molecule has 112 valence electrons. The van der Waals surface area contributed by atoms with Gasteiger partial charge in [0, 0.05) is 18.3 Å². The van der Waals surface area contributed by atoms with E-state index in [4.69, 9.17) is 4.98 Å². The van der Waals surface area contributed by atoms with Crippen LogP contribution in [0.1, 0.15) is 76.4 Å². The zero-order chi connectivity index (χ0) is 13.9. The van der Waals surface area contributed by atoms with Crippen LogP contribution >= 0.6 is 0 Å². The Morgan fingerprint density at radius 2 is 1.75 bits per heavy atom. The highest BCUT2D eigenvalue weighted by Gasteiger charge is 2.24. The Bertz CT molecular complexity index is 425. The van der Waals surface area contributed by atoms with Gasteiger partial charge in [0.2, 0.25) is 5.95 Å². The molecule has 0 bridgehead atoms. The topological polar surface area (TPSA) is 29.9 Å². The maximum Gasteiger partial charge on any atom is 0.203 e. The summed E-state index contributed by atoms with van der Waals surface area (Å²) < 4.78 is 2.42. The van der Waals surface area contributed by atoms with Crippen LogP contribution in [0.3, 0.4) is 0 Å². The molecule has 1 aromatic rings. The second-order valence-electron chi connectivity index (χ2n) is 6.88. The average molecular weight is 275 g/mol. The molecular formula is C17H29N3. The fourth-order valence-electron chi connectivity index (χ4n) is 4.03. The van der Waals surface area contributed by atoms with E-state index >= 15 is 0 Å². The van der Waals surface area contributed by atoms with Crippen molar-refractivity contribution in [2.75, 3.05) is 5.32 Å². The number of nitrogens with one attached hydrogen (secondary N) is 1. The first-order valence-corrected chi connectivity index (χ1v) is 8.56. The number of rotatable bonds is 4. The molecule has 3 nitrogen and oxygen atoms in total. The zero-order valence-corrected chi connectivity index (χ0v) is 13.1. The van der Waals surface area contributed by atoms with Gasteiger partial charge in [-0.3, -0.25) is 0 Å². The van der Waals surface area contributed by atoms with Gasteiger partial charge >= 0.3 is 0 Å². The van der Waals surface area contributed by atoms with Crippen molar-refractivity contribution in [1.29, 1.82) is 0 Å². The third-order valence-electron chi connectivity index (χ3n) is 5.31. The summed E-state index contributed by atoms with van der Waals surface area (Å²) in [5.74, 6) is 1.95. The molecule has 2 fully saturated rings. The van der Waals surface area contributed by atoms with Crippen molar-refractivity contribution in [3.05, 3.63) is 11.9 Å². The molecule has 1 heterocycles. The van der Waals surface area contributed by atoms with E-state index in [1.807, 2.05) is 0 Å². The smallest absolute Gasteiger partial charge is 0.203 e. The van der Waals surface area contributed by atoms with Crippen molar-refractivity contribution in [2.24, 2.45) is 5.92 Å². The maximum atomic E-state index is 4.74. The predicted molar refractivity (Wildman–Crippen MR) is 84.1 cm³/mol. The van der Waals surface area contributed by atoms with Gasteiger partial charge in [0.15, 0.2) is 0 Å². The van der Waals surface area contributed by atoms with E-state index in [1.54, 1.807) is 0 Å². The summed E-state index contributed by atoms with van der Waals surface area (Å²) >= 11 is 0. The largest absolute Gasteiger partial charge is 0.353 e. The lowest BCUT2D eigenvalue weighted by atomic mass is 9.84.